The van der Waals surface area contributed by atoms with Gasteiger partial charge in [0.2, 0.25) is 0 Å². The largest absolute Gasteiger partial charge is 0.497 e. The zero-order valence-electron chi connectivity index (χ0n) is 11.6. The van der Waals surface area contributed by atoms with Gasteiger partial charge in [0, 0.05) is 23.7 Å². The van der Waals surface area contributed by atoms with Gasteiger partial charge in [0.05, 0.1) is 13.7 Å². The van der Waals surface area contributed by atoms with Crippen molar-refractivity contribution in [3.05, 3.63) is 23.8 Å². The average molecular weight is 264 g/mol. The third-order valence-electron chi connectivity index (χ3n) is 4.50. The highest BCUT2D eigenvalue weighted by molar-refractivity contribution is 5.61. The first-order valence-electron chi connectivity index (χ1n) is 6.94. The van der Waals surface area contributed by atoms with E-state index >= 15 is 4.39 Å². The van der Waals surface area contributed by atoms with Crippen molar-refractivity contribution >= 4 is 5.69 Å². The summed E-state index contributed by atoms with van der Waals surface area (Å²) in [5.41, 5.74) is 0.392. The summed E-state index contributed by atoms with van der Waals surface area (Å²) in [4.78, 5) is 2.28. The zero-order valence-corrected chi connectivity index (χ0v) is 11.6. The molecule has 2 atom stereocenters. The van der Waals surface area contributed by atoms with Gasteiger partial charge in [0.15, 0.2) is 5.67 Å². The van der Waals surface area contributed by atoms with Crippen LogP contribution in [0.5, 0.6) is 5.75 Å². The second kappa shape index (κ2) is 4.67. The molecule has 2 aliphatic heterocycles. The average Bonchev–Trinajstić information content (AvgIpc) is 2.95. The Kier molecular flexibility index (Phi) is 3.13. The van der Waals surface area contributed by atoms with Crippen molar-refractivity contribution in [1.82, 2.24) is 4.90 Å². The monoisotopic (exact) mass is 264 g/mol. The molecule has 0 saturated carbocycles. The molecule has 1 N–H and O–H groups in total. The Morgan fingerprint density at radius 3 is 3.05 bits per heavy atom. The topological polar surface area (TPSA) is 24.5 Å². The van der Waals surface area contributed by atoms with Crippen LogP contribution in [-0.4, -0.2) is 38.2 Å². The highest BCUT2D eigenvalue weighted by atomic mass is 19.1. The van der Waals surface area contributed by atoms with Crippen LogP contribution in [-0.2, 0) is 5.67 Å². The smallest absolute Gasteiger partial charge is 0.156 e. The summed E-state index contributed by atoms with van der Waals surface area (Å²) in [5, 5.41) is 3.18. The van der Waals surface area contributed by atoms with Crippen molar-refractivity contribution in [3.63, 3.8) is 0 Å². The van der Waals surface area contributed by atoms with Gasteiger partial charge >= 0.3 is 0 Å². The summed E-state index contributed by atoms with van der Waals surface area (Å²) >= 11 is 0. The Hall–Kier alpha value is -1.29. The second-order valence-electron chi connectivity index (χ2n) is 5.71. The summed E-state index contributed by atoms with van der Waals surface area (Å²) in [6.45, 7) is 1.46. The van der Waals surface area contributed by atoms with E-state index in [1.807, 2.05) is 18.2 Å². The number of alkyl halides is 1. The number of benzene rings is 1. The van der Waals surface area contributed by atoms with E-state index in [1.165, 1.54) is 6.42 Å². The van der Waals surface area contributed by atoms with E-state index in [-0.39, 0.29) is 0 Å². The molecule has 1 saturated heterocycles. The van der Waals surface area contributed by atoms with Crippen LogP contribution < -0.4 is 10.1 Å². The lowest BCUT2D eigenvalue weighted by molar-refractivity contribution is 0.128. The van der Waals surface area contributed by atoms with Gasteiger partial charge in [-0.1, -0.05) is 0 Å². The summed E-state index contributed by atoms with van der Waals surface area (Å²) < 4.78 is 20.5. The third kappa shape index (κ3) is 2.18. The molecule has 0 bridgehead atoms. The first-order chi connectivity index (χ1) is 9.12. The van der Waals surface area contributed by atoms with Gasteiger partial charge in [-0.3, -0.25) is 0 Å². The molecule has 3 rings (SSSR count). The van der Waals surface area contributed by atoms with Gasteiger partial charge in [0.25, 0.3) is 0 Å². The number of methoxy groups -OCH3 is 1. The van der Waals surface area contributed by atoms with Crippen LogP contribution in [0.4, 0.5) is 10.1 Å². The Bertz CT molecular complexity index is 479. The van der Waals surface area contributed by atoms with Crippen molar-refractivity contribution < 1.29 is 9.13 Å². The summed E-state index contributed by atoms with van der Waals surface area (Å²) in [7, 11) is 3.71. The van der Waals surface area contributed by atoms with Crippen LogP contribution >= 0.6 is 0 Å². The zero-order chi connectivity index (χ0) is 13.5. The van der Waals surface area contributed by atoms with Crippen LogP contribution in [0.2, 0.25) is 0 Å². The van der Waals surface area contributed by atoms with E-state index in [2.05, 4.69) is 17.3 Å². The van der Waals surface area contributed by atoms with E-state index in [1.54, 1.807) is 7.11 Å². The highest BCUT2D eigenvalue weighted by Gasteiger charge is 2.42. The van der Waals surface area contributed by atoms with Gasteiger partial charge < -0.3 is 15.0 Å². The number of rotatable bonds is 3. The fourth-order valence-electron chi connectivity index (χ4n) is 3.30. The molecule has 1 unspecified atom stereocenters. The first kappa shape index (κ1) is 12.7. The number of likely N-dealkylation sites (tertiary alicyclic amines) is 1. The van der Waals surface area contributed by atoms with Crippen LogP contribution in [0.3, 0.4) is 0 Å². The molecule has 104 valence electrons. The minimum absolute atomic E-state index is 0.351. The van der Waals surface area contributed by atoms with Gasteiger partial charge in [0.1, 0.15) is 5.75 Å². The van der Waals surface area contributed by atoms with Gasteiger partial charge in [-0.25, -0.2) is 4.39 Å². The molecule has 1 fully saturated rings. The molecule has 19 heavy (non-hydrogen) atoms. The molecule has 2 heterocycles. The van der Waals surface area contributed by atoms with E-state index in [0.29, 0.717) is 19.0 Å². The van der Waals surface area contributed by atoms with E-state index < -0.39 is 5.67 Å². The van der Waals surface area contributed by atoms with E-state index in [4.69, 9.17) is 4.74 Å². The molecule has 2 aliphatic rings. The minimum Gasteiger partial charge on any atom is -0.497 e. The molecule has 0 amide bonds. The lowest BCUT2D eigenvalue weighted by atomic mass is 9.90. The number of nitrogens with zero attached hydrogens (tertiary/aromatic N) is 1. The number of hydrogen-bond donors (Lipinski definition) is 1. The molecule has 0 aromatic heterocycles. The number of fused-ring (bicyclic) bond motifs is 1. The van der Waals surface area contributed by atoms with E-state index in [9.17, 15) is 0 Å². The Morgan fingerprint density at radius 2 is 2.37 bits per heavy atom. The van der Waals surface area contributed by atoms with E-state index in [0.717, 1.165) is 30.0 Å². The molecule has 0 spiro atoms. The van der Waals surface area contributed by atoms with Crippen LogP contribution in [0.1, 0.15) is 24.8 Å². The number of halogens is 1. The number of hydrogen-bond acceptors (Lipinski definition) is 3. The van der Waals surface area contributed by atoms with Crippen molar-refractivity contribution in [2.45, 2.75) is 31.0 Å². The molecule has 0 aliphatic carbocycles. The maximum atomic E-state index is 15.3. The maximum absolute atomic E-state index is 15.3. The molecule has 1 aromatic rings. The number of nitrogens with one attached hydrogen (secondary N) is 1. The Balaban J connectivity index is 1.86. The first-order valence-corrected chi connectivity index (χ1v) is 6.94. The molecule has 4 heteroatoms. The molecular formula is C15H21FN2O. The molecular weight excluding hydrogens is 243 g/mol. The Morgan fingerprint density at radius 1 is 1.53 bits per heavy atom. The molecule has 1 aromatic carbocycles. The van der Waals surface area contributed by atoms with Gasteiger partial charge in [-0.15, -0.1) is 0 Å². The fraction of sp³-hybridized carbons (Fsp3) is 0.600. The van der Waals surface area contributed by atoms with Gasteiger partial charge in [-0.05, 0) is 44.6 Å². The normalized spacial score (nSPS) is 30.2. The number of ether oxygens (including phenoxy) is 1. The van der Waals surface area contributed by atoms with Crippen LogP contribution in [0.25, 0.3) is 0 Å². The van der Waals surface area contributed by atoms with Crippen LogP contribution in [0.15, 0.2) is 18.2 Å². The lowest BCUT2D eigenvalue weighted by Crippen LogP contribution is -2.34. The predicted octanol–water partition coefficient (Wildman–Crippen LogP) is 2.77. The molecule has 0 radical (unpaired) electrons. The molecule has 3 nitrogen and oxygen atoms in total. The van der Waals surface area contributed by atoms with Crippen LogP contribution in [0, 0.1) is 0 Å². The number of anilines is 1. The summed E-state index contributed by atoms with van der Waals surface area (Å²) in [5.74, 6) is 0.726. The standard InChI is InChI=1S/C15H21FN2O/c1-18-7-3-4-11(18)9-15(16)10-17-14-6-5-12(19-2)8-13(14)15/h5-6,8,11,17H,3-4,7,9-10H2,1-2H3/t11?,15-/m1/s1. The van der Waals surface area contributed by atoms with Crippen molar-refractivity contribution in [2.24, 2.45) is 0 Å². The lowest BCUT2D eigenvalue weighted by Gasteiger charge is -2.27. The predicted molar refractivity (Wildman–Crippen MR) is 74.5 cm³/mol. The summed E-state index contributed by atoms with van der Waals surface area (Å²) in [6.07, 6.45) is 2.84. The maximum Gasteiger partial charge on any atom is 0.156 e. The van der Waals surface area contributed by atoms with Crippen molar-refractivity contribution in [2.75, 3.05) is 32.6 Å². The van der Waals surface area contributed by atoms with Crippen molar-refractivity contribution in [1.29, 1.82) is 0 Å². The SMILES string of the molecule is COc1ccc2c(c1)[C@@](F)(CC1CCCN1C)CN2. The van der Waals surface area contributed by atoms with Gasteiger partial charge in [-0.2, -0.15) is 0 Å². The highest BCUT2D eigenvalue weighted by Crippen LogP contribution is 2.44. The third-order valence-corrected chi connectivity index (χ3v) is 4.50. The summed E-state index contributed by atoms with van der Waals surface area (Å²) in [6, 6.07) is 5.97. The minimum atomic E-state index is -1.27. The quantitative estimate of drug-likeness (QED) is 0.908. The fourth-order valence-corrected chi connectivity index (χ4v) is 3.30. The Labute approximate surface area is 113 Å². The second-order valence-corrected chi connectivity index (χ2v) is 5.71. The van der Waals surface area contributed by atoms with Crippen molar-refractivity contribution in [3.8, 4) is 5.75 Å².